The van der Waals surface area contributed by atoms with Crippen LogP contribution in [-0.4, -0.2) is 22.3 Å². The highest BCUT2D eigenvalue weighted by molar-refractivity contribution is 6.59. The molecule has 11 heavy (non-hydrogen) atoms. The lowest BCUT2D eigenvalue weighted by Crippen LogP contribution is -2.31. The average Bonchev–Trinajstić information content (AvgIpc) is 1.94. The Hall–Kier alpha value is -0.995. The van der Waals surface area contributed by atoms with Crippen LogP contribution >= 0.6 is 0 Å². The predicted molar refractivity (Wildman–Crippen MR) is 42.7 cm³/mol. The molecule has 0 aliphatic heterocycles. The zero-order valence-electron chi connectivity index (χ0n) is 6.15. The third kappa shape index (κ3) is 1.53. The fourth-order valence-electron chi connectivity index (χ4n) is 0.921. The molecule has 0 amide bonds. The highest BCUT2D eigenvalue weighted by atomic mass is 16.4. The highest BCUT2D eigenvalue weighted by Gasteiger charge is 2.14. The van der Waals surface area contributed by atoms with Gasteiger partial charge < -0.3 is 15.2 Å². The molecule has 1 aromatic carbocycles. The summed E-state index contributed by atoms with van der Waals surface area (Å²) < 4.78 is 0. The van der Waals surface area contributed by atoms with Crippen LogP contribution in [-0.2, 0) is 0 Å². The van der Waals surface area contributed by atoms with Gasteiger partial charge in [-0.15, -0.1) is 0 Å². The normalized spacial score (nSPS) is 9.73. The lowest BCUT2D eigenvalue weighted by molar-refractivity contribution is 0.424. The zero-order chi connectivity index (χ0) is 8.43. The van der Waals surface area contributed by atoms with Gasteiger partial charge in [0.15, 0.2) is 0 Å². The van der Waals surface area contributed by atoms with E-state index in [1.54, 1.807) is 19.1 Å². The van der Waals surface area contributed by atoms with Gasteiger partial charge in [-0.25, -0.2) is 0 Å². The zero-order valence-corrected chi connectivity index (χ0v) is 6.15. The molecule has 0 fully saturated rings. The minimum atomic E-state index is -1.51. The summed E-state index contributed by atoms with van der Waals surface area (Å²) in [5.74, 6) is 0.0793. The van der Waals surface area contributed by atoms with E-state index >= 15 is 0 Å². The lowest BCUT2D eigenvalue weighted by atomic mass is 9.77. The Morgan fingerprint density at radius 2 is 1.91 bits per heavy atom. The summed E-state index contributed by atoms with van der Waals surface area (Å²) in [6, 6.07) is 4.62. The van der Waals surface area contributed by atoms with Crippen LogP contribution in [0.3, 0.4) is 0 Å². The number of phenols is 1. The second-order valence-corrected chi connectivity index (χ2v) is 2.37. The first kappa shape index (κ1) is 8.10. The van der Waals surface area contributed by atoms with Gasteiger partial charge in [0.1, 0.15) is 5.75 Å². The molecular weight excluding hydrogens is 143 g/mol. The van der Waals surface area contributed by atoms with Crippen molar-refractivity contribution in [2.75, 3.05) is 0 Å². The number of aromatic hydroxyl groups is 1. The first-order valence-electron chi connectivity index (χ1n) is 3.27. The second kappa shape index (κ2) is 2.94. The lowest BCUT2D eigenvalue weighted by Gasteiger charge is -2.04. The Morgan fingerprint density at radius 3 is 2.36 bits per heavy atom. The third-order valence-corrected chi connectivity index (χ3v) is 1.63. The van der Waals surface area contributed by atoms with Crippen LogP contribution in [0.2, 0.25) is 0 Å². The Balaban J connectivity index is 3.17. The molecule has 1 aromatic rings. The molecule has 0 spiro atoms. The molecule has 58 valence electrons. The molecule has 0 aliphatic rings. The highest BCUT2D eigenvalue weighted by Crippen LogP contribution is 2.11. The molecule has 1 rings (SSSR count). The summed E-state index contributed by atoms with van der Waals surface area (Å²) in [6.45, 7) is 1.63. The molecule has 3 N–H and O–H groups in total. The molecular formula is C7H9BO3. The molecule has 0 radical (unpaired) electrons. The van der Waals surface area contributed by atoms with Gasteiger partial charge >= 0.3 is 7.12 Å². The number of hydrogen-bond acceptors (Lipinski definition) is 3. The van der Waals surface area contributed by atoms with Crippen molar-refractivity contribution < 1.29 is 15.2 Å². The fourth-order valence-corrected chi connectivity index (χ4v) is 0.921. The Kier molecular flexibility index (Phi) is 2.17. The molecule has 0 heterocycles. The molecule has 0 aromatic heterocycles. The van der Waals surface area contributed by atoms with Gasteiger partial charge in [-0.05, 0) is 24.0 Å². The Labute approximate surface area is 65.1 Å². The van der Waals surface area contributed by atoms with Crippen molar-refractivity contribution in [2.45, 2.75) is 6.92 Å². The summed E-state index contributed by atoms with van der Waals surface area (Å²) in [6.07, 6.45) is 0. The van der Waals surface area contributed by atoms with Gasteiger partial charge in [0.25, 0.3) is 0 Å². The van der Waals surface area contributed by atoms with Crippen LogP contribution in [0.25, 0.3) is 0 Å². The standard InChI is InChI=1S/C7H9BO3/c1-5-6(8(10)11)3-2-4-7(5)9/h2-4,9-11H,1H3. The monoisotopic (exact) mass is 152 g/mol. The molecule has 4 heteroatoms. The summed E-state index contributed by atoms with van der Waals surface area (Å²) in [5, 5.41) is 26.7. The maximum Gasteiger partial charge on any atom is 0.488 e. The van der Waals surface area contributed by atoms with Crippen molar-refractivity contribution in [3.05, 3.63) is 23.8 Å². The van der Waals surface area contributed by atoms with E-state index in [4.69, 9.17) is 15.2 Å². The first-order chi connectivity index (χ1) is 5.13. The van der Waals surface area contributed by atoms with Crippen molar-refractivity contribution in [3.8, 4) is 5.75 Å². The van der Waals surface area contributed by atoms with Crippen LogP contribution in [0.15, 0.2) is 18.2 Å². The average molecular weight is 152 g/mol. The SMILES string of the molecule is Cc1c(O)cccc1B(O)O. The van der Waals surface area contributed by atoms with E-state index < -0.39 is 7.12 Å². The summed E-state index contributed by atoms with van der Waals surface area (Å²) in [5.41, 5.74) is 0.840. The largest absolute Gasteiger partial charge is 0.508 e. The molecule has 0 unspecified atom stereocenters. The van der Waals surface area contributed by atoms with Crippen LogP contribution in [0.5, 0.6) is 5.75 Å². The van der Waals surface area contributed by atoms with Crippen molar-refractivity contribution in [1.82, 2.24) is 0 Å². The molecule has 3 nitrogen and oxygen atoms in total. The number of rotatable bonds is 1. The van der Waals surface area contributed by atoms with Gasteiger partial charge in [0.05, 0.1) is 0 Å². The van der Waals surface area contributed by atoms with Crippen LogP contribution in [0.4, 0.5) is 0 Å². The van der Waals surface area contributed by atoms with Gasteiger partial charge in [0.2, 0.25) is 0 Å². The maximum absolute atomic E-state index is 9.13. The van der Waals surface area contributed by atoms with Crippen molar-refractivity contribution in [2.24, 2.45) is 0 Å². The fraction of sp³-hybridized carbons (Fsp3) is 0.143. The maximum atomic E-state index is 9.13. The van der Waals surface area contributed by atoms with E-state index in [2.05, 4.69) is 0 Å². The van der Waals surface area contributed by atoms with Gasteiger partial charge in [0, 0.05) is 0 Å². The minimum Gasteiger partial charge on any atom is -0.508 e. The molecule has 0 atom stereocenters. The Morgan fingerprint density at radius 1 is 1.27 bits per heavy atom. The van der Waals surface area contributed by atoms with Gasteiger partial charge in [-0.3, -0.25) is 0 Å². The van der Waals surface area contributed by atoms with Crippen molar-refractivity contribution >= 4 is 12.6 Å². The quantitative estimate of drug-likeness (QED) is 0.470. The molecule has 0 saturated carbocycles. The molecule has 0 aliphatic carbocycles. The van der Waals surface area contributed by atoms with E-state index in [9.17, 15) is 0 Å². The topological polar surface area (TPSA) is 60.7 Å². The van der Waals surface area contributed by atoms with Crippen LogP contribution in [0, 0.1) is 6.92 Å². The minimum absolute atomic E-state index is 0.0793. The molecule has 0 saturated heterocycles. The van der Waals surface area contributed by atoms with Crippen LogP contribution in [0.1, 0.15) is 5.56 Å². The Bertz CT molecular complexity index is 260. The number of phenolic OH excluding ortho intramolecular Hbond substituents is 1. The number of benzene rings is 1. The number of hydrogen-bond donors (Lipinski definition) is 3. The van der Waals surface area contributed by atoms with Crippen molar-refractivity contribution in [3.63, 3.8) is 0 Å². The smallest absolute Gasteiger partial charge is 0.488 e. The van der Waals surface area contributed by atoms with Gasteiger partial charge in [-0.1, -0.05) is 12.1 Å². The van der Waals surface area contributed by atoms with Gasteiger partial charge in [-0.2, -0.15) is 0 Å². The summed E-state index contributed by atoms with van der Waals surface area (Å²) in [7, 11) is -1.51. The predicted octanol–water partition coefficient (Wildman–Crippen LogP) is -0.620. The van der Waals surface area contributed by atoms with E-state index in [1.165, 1.54) is 6.07 Å². The first-order valence-corrected chi connectivity index (χ1v) is 3.27. The summed E-state index contributed by atoms with van der Waals surface area (Å²) >= 11 is 0. The second-order valence-electron chi connectivity index (χ2n) is 2.37. The summed E-state index contributed by atoms with van der Waals surface area (Å²) in [4.78, 5) is 0. The van der Waals surface area contributed by atoms with Crippen LogP contribution < -0.4 is 5.46 Å². The van der Waals surface area contributed by atoms with Crippen molar-refractivity contribution in [1.29, 1.82) is 0 Å². The molecule has 0 bridgehead atoms. The van der Waals surface area contributed by atoms with E-state index in [0.29, 0.717) is 11.0 Å². The van der Waals surface area contributed by atoms with E-state index in [1.807, 2.05) is 0 Å². The third-order valence-electron chi connectivity index (χ3n) is 1.63. The van der Waals surface area contributed by atoms with E-state index in [-0.39, 0.29) is 5.75 Å². The van der Waals surface area contributed by atoms with E-state index in [0.717, 1.165) is 0 Å².